The van der Waals surface area contributed by atoms with E-state index in [2.05, 4.69) is 114 Å². The topological polar surface area (TPSA) is 30.7 Å². The van der Waals surface area contributed by atoms with Gasteiger partial charge >= 0.3 is 0 Å². The Bertz CT molecular complexity index is 2310. The molecule has 5 aromatic heterocycles. The Morgan fingerprint density at radius 3 is 1.69 bits per heavy atom. The van der Waals surface area contributed by atoms with Crippen LogP contribution in [0.3, 0.4) is 0 Å². The first kappa shape index (κ1) is 21.4. The van der Waals surface area contributed by atoms with Gasteiger partial charge in [-0.2, -0.15) is 0 Å². The number of hydrogen-bond donors (Lipinski definition) is 0. The van der Waals surface area contributed by atoms with Crippen LogP contribution in [0.5, 0.6) is 0 Å². The molecule has 0 bridgehead atoms. The summed E-state index contributed by atoms with van der Waals surface area (Å²) >= 11 is 3.75. The first-order valence-corrected chi connectivity index (χ1v) is 14.6. The Hall–Kier alpha value is -4.58. The minimum Gasteiger partial charge on any atom is -0.291 e. The van der Waals surface area contributed by atoms with Gasteiger partial charge in [0.15, 0.2) is 0 Å². The van der Waals surface area contributed by atoms with Gasteiger partial charge in [0.05, 0.1) is 37.2 Å². The van der Waals surface area contributed by atoms with E-state index in [1.165, 1.54) is 40.6 Å². The molecule has 0 fully saturated rings. The van der Waals surface area contributed by atoms with Gasteiger partial charge in [-0.05, 0) is 30.3 Å². The van der Waals surface area contributed by atoms with Gasteiger partial charge < -0.3 is 0 Å². The number of aromatic nitrogens is 3. The number of nitrogens with zero attached hydrogens (tertiary/aromatic N) is 3. The molecule has 0 amide bonds. The highest BCUT2D eigenvalue weighted by molar-refractivity contribution is 7.33. The molecular weight excluding hydrogens is 515 g/mol. The third kappa shape index (κ3) is 3.03. The monoisotopic (exact) mass is 533 g/mol. The van der Waals surface area contributed by atoms with Crippen LogP contribution in [0.4, 0.5) is 0 Å². The van der Waals surface area contributed by atoms with E-state index in [4.69, 9.17) is 9.97 Å². The van der Waals surface area contributed by atoms with Gasteiger partial charge in [-0.25, -0.2) is 9.97 Å². The average molecular weight is 534 g/mol. The molecule has 0 spiro atoms. The first-order valence-electron chi connectivity index (χ1n) is 12.9. The molecule has 5 heterocycles. The predicted molar refractivity (Wildman–Crippen MR) is 168 cm³/mol. The zero-order valence-corrected chi connectivity index (χ0v) is 22.3. The maximum absolute atomic E-state index is 5.36. The van der Waals surface area contributed by atoms with Gasteiger partial charge in [0.2, 0.25) is 0 Å². The van der Waals surface area contributed by atoms with Crippen molar-refractivity contribution in [1.82, 2.24) is 14.5 Å². The van der Waals surface area contributed by atoms with Gasteiger partial charge in [-0.15, -0.1) is 22.7 Å². The molecule has 5 heteroatoms. The van der Waals surface area contributed by atoms with Crippen molar-refractivity contribution in [2.75, 3.05) is 0 Å². The van der Waals surface area contributed by atoms with E-state index in [1.807, 2.05) is 28.7 Å². The number of hydrogen-bond acceptors (Lipinski definition) is 4. The average Bonchev–Trinajstić information content (AvgIpc) is 3.65. The van der Waals surface area contributed by atoms with Gasteiger partial charge in [0.1, 0.15) is 5.82 Å². The third-order valence-electron chi connectivity index (χ3n) is 7.60. The minimum absolute atomic E-state index is 0.925. The Morgan fingerprint density at radius 2 is 1.03 bits per heavy atom. The first-order chi connectivity index (χ1) is 19.3. The molecule has 0 unspecified atom stereocenters. The lowest BCUT2D eigenvalue weighted by molar-refractivity contribution is 1.11. The van der Waals surface area contributed by atoms with Crippen molar-refractivity contribution in [2.24, 2.45) is 0 Å². The van der Waals surface area contributed by atoms with Crippen LogP contribution in [-0.4, -0.2) is 14.5 Å². The fourth-order valence-corrected chi connectivity index (χ4v) is 8.32. The summed E-state index contributed by atoms with van der Waals surface area (Å²) in [6.07, 6.45) is 0. The maximum atomic E-state index is 5.36. The molecular formula is C34H19N3S2. The van der Waals surface area contributed by atoms with Crippen molar-refractivity contribution in [3.8, 4) is 17.1 Å². The van der Waals surface area contributed by atoms with E-state index in [9.17, 15) is 0 Å². The molecule has 0 atom stereocenters. The van der Waals surface area contributed by atoms with E-state index >= 15 is 0 Å². The van der Waals surface area contributed by atoms with Crippen LogP contribution in [0.2, 0.25) is 0 Å². The Labute approximate surface area is 231 Å². The molecule has 0 saturated heterocycles. The second-order valence-electron chi connectivity index (χ2n) is 9.83. The van der Waals surface area contributed by atoms with Crippen LogP contribution in [0.25, 0.3) is 79.5 Å². The van der Waals surface area contributed by atoms with Crippen molar-refractivity contribution in [1.29, 1.82) is 0 Å². The SMILES string of the molecule is c1ccc(-c2ccc3ccc4ccc(-n5c6c7ccccc7sc6c6sc7ccccc7c65)nc4c3n2)cc1. The van der Waals surface area contributed by atoms with Gasteiger partial charge in [0, 0.05) is 36.5 Å². The second-order valence-corrected chi connectivity index (χ2v) is 11.9. The molecule has 182 valence electrons. The van der Waals surface area contributed by atoms with E-state index in [0.717, 1.165) is 38.9 Å². The highest BCUT2D eigenvalue weighted by atomic mass is 32.1. The number of fused-ring (bicyclic) bond motifs is 10. The number of thiophene rings is 2. The summed E-state index contributed by atoms with van der Waals surface area (Å²) in [5, 5.41) is 4.73. The van der Waals surface area contributed by atoms with Crippen LogP contribution in [-0.2, 0) is 0 Å². The summed E-state index contributed by atoms with van der Waals surface area (Å²) in [5.41, 5.74) is 6.41. The van der Waals surface area contributed by atoms with Crippen LogP contribution in [0, 0.1) is 0 Å². The highest BCUT2D eigenvalue weighted by Gasteiger charge is 2.22. The summed E-state index contributed by atoms with van der Waals surface area (Å²) in [6.45, 7) is 0. The molecule has 4 aromatic carbocycles. The predicted octanol–water partition coefficient (Wildman–Crippen LogP) is 9.98. The summed E-state index contributed by atoms with van der Waals surface area (Å²) in [7, 11) is 0. The lowest BCUT2D eigenvalue weighted by Crippen LogP contribution is -1.98. The van der Waals surface area contributed by atoms with Crippen LogP contribution >= 0.6 is 22.7 Å². The summed E-state index contributed by atoms with van der Waals surface area (Å²) < 4.78 is 7.65. The minimum atomic E-state index is 0.925. The maximum Gasteiger partial charge on any atom is 0.138 e. The molecule has 0 aliphatic rings. The van der Waals surface area contributed by atoms with Gasteiger partial charge in [-0.1, -0.05) is 84.9 Å². The fraction of sp³-hybridized carbons (Fsp3) is 0. The van der Waals surface area contributed by atoms with Crippen molar-refractivity contribution < 1.29 is 0 Å². The van der Waals surface area contributed by atoms with Crippen molar-refractivity contribution >= 4 is 85.1 Å². The number of pyridine rings is 2. The zero-order chi connectivity index (χ0) is 25.5. The molecule has 39 heavy (non-hydrogen) atoms. The van der Waals surface area contributed by atoms with E-state index in [0.29, 0.717) is 0 Å². The van der Waals surface area contributed by atoms with Crippen molar-refractivity contribution in [2.45, 2.75) is 0 Å². The van der Waals surface area contributed by atoms with Crippen molar-refractivity contribution in [3.63, 3.8) is 0 Å². The third-order valence-corrected chi connectivity index (χ3v) is 10.1. The Kier molecular flexibility index (Phi) is 4.36. The van der Waals surface area contributed by atoms with Gasteiger partial charge in [0.25, 0.3) is 0 Å². The smallest absolute Gasteiger partial charge is 0.138 e. The number of rotatable bonds is 2. The lowest BCUT2D eigenvalue weighted by Gasteiger charge is -2.10. The number of benzene rings is 4. The van der Waals surface area contributed by atoms with E-state index in [-0.39, 0.29) is 0 Å². The summed E-state index contributed by atoms with van der Waals surface area (Å²) in [5.74, 6) is 0.925. The molecule has 0 N–H and O–H groups in total. The normalized spacial score (nSPS) is 12.1. The van der Waals surface area contributed by atoms with E-state index in [1.54, 1.807) is 0 Å². The zero-order valence-electron chi connectivity index (χ0n) is 20.6. The highest BCUT2D eigenvalue weighted by Crippen LogP contribution is 2.47. The molecule has 3 nitrogen and oxygen atoms in total. The molecule has 0 radical (unpaired) electrons. The Balaban J connectivity index is 1.41. The van der Waals surface area contributed by atoms with Crippen LogP contribution in [0.15, 0.2) is 115 Å². The Morgan fingerprint density at radius 1 is 0.487 bits per heavy atom. The molecule has 9 rings (SSSR count). The van der Waals surface area contributed by atoms with Crippen LogP contribution < -0.4 is 0 Å². The van der Waals surface area contributed by atoms with Crippen molar-refractivity contribution in [3.05, 3.63) is 115 Å². The molecule has 0 aliphatic carbocycles. The molecule has 9 aromatic rings. The molecule has 0 aliphatic heterocycles. The van der Waals surface area contributed by atoms with E-state index < -0.39 is 0 Å². The largest absolute Gasteiger partial charge is 0.291 e. The summed E-state index contributed by atoms with van der Waals surface area (Å²) in [4.78, 5) is 10.5. The standard InChI is InChI=1S/C34H19N3S2/c1-2-8-20(9-3-1)25-18-16-21-14-15-22-17-19-28(36-30(22)29(21)35-25)37-31-23-10-4-6-12-26(23)38-33(31)34-32(37)24-11-5-7-13-27(24)39-34/h1-19H. The molecule has 0 saturated carbocycles. The summed E-state index contributed by atoms with van der Waals surface area (Å²) in [6, 6.07) is 40.7. The lowest BCUT2D eigenvalue weighted by atomic mass is 10.1. The van der Waals surface area contributed by atoms with Crippen LogP contribution in [0.1, 0.15) is 0 Å². The van der Waals surface area contributed by atoms with Gasteiger partial charge in [-0.3, -0.25) is 4.57 Å². The second kappa shape index (κ2) is 7.96. The quantitative estimate of drug-likeness (QED) is 0.207. The fourth-order valence-electron chi connectivity index (χ4n) is 5.81.